The lowest BCUT2D eigenvalue weighted by Gasteiger charge is -2.27. The summed E-state index contributed by atoms with van der Waals surface area (Å²) in [5, 5.41) is 21.0. The van der Waals surface area contributed by atoms with Crippen LogP contribution >= 0.6 is 0 Å². The fourth-order valence-corrected chi connectivity index (χ4v) is 3.53. The van der Waals surface area contributed by atoms with Crippen LogP contribution in [0, 0.1) is 5.92 Å². The van der Waals surface area contributed by atoms with Crippen molar-refractivity contribution in [3.8, 4) is 11.5 Å². The van der Waals surface area contributed by atoms with Crippen molar-refractivity contribution in [2.24, 2.45) is 5.92 Å². The van der Waals surface area contributed by atoms with Gasteiger partial charge < -0.3 is 19.8 Å². The summed E-state index contributed by atoms with van der Waals surface area (Å²) in [5.74, 6) is -1.23. The van der Waals surface area contributed by atoms with Crippen molar-refractivity contribution in [2.75, 3.05) is 13.2 Å². The van der Waals surface area contributed by atoms with E-state index in [4.69, 9.17) is 4.74 Å². The molecule has 6 nitrogen and oxygen atoms in total. The summed E-state index contributed by atoms with van der Waals surface area (Å²) in [7, 11) is 0. The van der Waals surface area contributed by atoms with Gasteiger partial charge in [-0.05, 0) is 30.5 Å². The zero-order valence-electron chi connectivity index (χ0n) is 16.8. The van der Waals surface area contributed by atoms with Gasteiger partial charge >= 0.3 is 0 Å². The van der Waals surface area contributed by atoms with E-state index in [1.165, 1.54) is 11.0 Å². The number of rotatable bonds is 6. The van der Waals surface area contributed by atoms with E-state index in [2.05, 4.69) is 0 Å². The van der Waals surface area contributed by atoms with Crippen molar-refractivity contribution < 1.29 is 24.5 Å². The van der Waals surface area contributed by atoms with Crippen LogP contribution in [0.2, 0.25) is 0 Å². The summed E-state index contributed by atoms with van der Waals surface area (Å²) in [4.78, 5) is 27.2. The van der Waals surface area contributed by atoms with Gasteiger partial charge in [0.25, 0.3) is 11.7 Å². The minimum Gasteiger partial charge on any atom is -0.507 e. The van der Waals surface area contributed by atoms with Crippen LogP contribution in [-0.4, -0.2) is 40.0 Å². The van der Waals surface area contributed by atoms with Crippen LogP contribution in [0.4, 0.5) is 0 Å². The third-order valence-corrected chi connectivity index (χ3v) is 4.75. The Morgan fingerprint density at radius 3 is 2.45 bits per heavy atom. The number of carbonyl (C=O) groups excluding carboxylic acids is 2. The van der Waals surface area contributed by atoms with Crippen LogP contribution in [0.5, 0.6) is 11.5 Å². The highest BCUT2D eigenvalue weighted by Crippen LogP contribution is 2.42. The Kier molecular flexibility index (Phi) is 5.92. The minimum atomic E-state index is -0.766. The monoisotopic (exact) mass is 395 g/mol. The molecular formula is C23H25NO5. The van der Waals surface area contributed by atoms with Crippen LogP contribution in [0.25, 0.3) is 5.76 Å². The number of ether oxygens (including phenoxy) is 1. The highest BCUT2D eigenvalue weighted by atomic mass is 16.5. The first kappa shape index (κ1) is 20.5. The lowest BCUT2D eigenvalue weighted by molar-refractivity contribution is -0.140. The average molecular weight is 395 g/mol. The van der Waals surface area contributed by atoms with Gasteiger partial charge in [0.05, 0.1) is 18.2 Å². The van der Waals surface area contributed by atoms with Crippen molar-refractivity contribution in [1.29, 1.82) is 0 Å². The Morgan fingerprint density at radius 1 is 1.14 bits per heavy atom. The van der Waals surface area contributed by atoms with E-state index in [1.54, 1.807) is 49.4 Å². The Bertz CT molecular complexity index is 949. The number of phenols is 1. The number of Topliss-reactive ketones (excluding diaryl/α,β-unsaturated/α-hetero) is 1. The number of hydrogen-bond acceptors (Lipinski definition) is 5. The predicted octanol–water partition coefficient (Wildman–Crippen LogP) is 3.87. The van der Waals surface area contributed by atoms with Crippen molar-refractivity contribution in [1.82, 2.24) is 4.90 Å². The molecule has 1 amide bonds. The SMILES string of the molecule is CCOc1cc(C2/C(=C(/O)c3ccccc3)C(=O)C(=O)N2CC(C)C)ccc1O. The second kappa shape index (κ2) is 8.39. The number of aliphatic hydroxyl groups is 1. The van der Waals surface area contributed by atoms with Crippen molar-refractivity contribution in [3.05, 3.63) is 65.2 Å². The van der Waals surface area contributed by atoms with Gasteiger partial charge in [0.15, 0.2) is 11.5 Å². The Balaban J connectivity index is 2.20. The van der Waals surface area contributed by atoms with E-state index in [0.717, 1.165) is 0 Å². The maximum absolute atomic E-state index is 12.9. The molecule has 0 aliphatic carbocycles. The van der Waals surface area contributed by atoms with Gasteiger partial charge in [0.1, 0.15) is 5.76 Å². The Morgan fingerprint density at radius 2 is 1.83 bits per heavy atom. The highest BCUT2D eigenvalue weighted by Gasteiger charge is 2.46. The fraction of sp³-hybridized carbons (Fsp3) is 0.304. The normalized spacial score (nSPS) is 18.5. The molecule has 0 spiro atoms. The fourth-order valence-electron chi connectivity index (χ4n) is 3.53. The number of nitrogens with zero attached hydrogens (tertiary/aromatic N) is 1. The number of likely N-dealkylation sites (tertiary alicyclic amines) is 1. The van der Waals surface area contributed by atoms with Crippen LogP contribution in [-0.2, 0) is 9.59 Å². The summed E-state index contributed by atoms with van der Waals surface area (Å²) in [5.41, 5.74) is 1.09. The Hall–Kier alpha value is -3.28. The van der Waals surface area contributed by atoms with E-state index < -0.39 is 17.7 Å². The molecule has 0 aromatic heterocycles. The second-order valence-electron chi connectivity index (χ2n) is 7.37. The number of phenolic OH excluding ortho intramolecular Hbond substituents is 1. The first-order chi connectivity index (χ1) is 13.8. The van der Waals surface area contributed by atoms with Crippen LogP contribution in [0.1, 0.15) is 37.9 Å². The molecule has 0 radical (unpaired) electrons. The molecule has 2 aromatic rings. The molecule has 1 aliphatic rings. The predicted molar refractivity (Wildman–Crippen MR) is 110 cm³/mol. The molecule has 1 heterocycles. The van der Waals surface area contributed by atoms with Gasteiger partial charge in [-0.2, -0.15) is 0 Å². The number of hydrogen-bond donors (Lipinski definition) is 2. The van der Waals surface area contributed by atoms with Crippen molar-refractivity contribution >= 4 is 17.4 Å². The number of benzene rings is 2. The van der Waals surface area contributed by atoms with Gasteiger partial charge in [-0.3, -0.25) is 9.59 Å². The Labute approximate surface area is 170 Å². The first-order valence-electron chi connectivity index (χ1n) is 9.64. The molecule has 1 aliphatic heterocycles. The van der Waals surface area contributed by atoms with Crippen LogP contribution < -0.4 is 4.74 Å². The third kappa shape index (κ3) is 3.97. The first-order valence-corrected chi connectivity index (χ1v) is 9.64. The van der Waals surface area contributed by atoms with E-state index in [9.17, 15) is 19.8 Å². The molecule has 0 saturated carbocycles. The number of amides is 1. The minimum absolute atomic E-state index is 0.0283. The van der Waals surface area contributed by atoms with Gasteiger partial charge in [0, 0.05) is 12.1 Å². The molecule has 2 aromatic carbocycles. The molecule has 2 N–H and O–H groups in total. The second-order valence-corrected chi connectivity index (χ2v) is 7.37. The van der Waals surface area contributed by atoms with E-state index in [-0.39, 0.29) is 28.7 Å². The number of ketones is 1. The van der Waals surface area contributed by atoms with Crippen LogP contribution in [0.15, 0.2) is 54.1 Å². The largest absolute Gasteiger partial charge is 0.507 e. The van der Waals surface area contributed by atoms with Gasteiger partial charge in [0.2, 0.25) is 0 Å². The number of carbonyl (C=O) groups is 2. The molecule has 0 bridgehead atoms. The topological polar surface area (TPSA) is 87.1 Å². The molecule has 1 atom stereocenters. The summed E-state index contributed by atoms with van der Waals surface area (Å²) in [6.07, 6.45) is 0. The standard InChI is InChI=1S/C23H25NO5/c1-4-29-18-12-16(10-11-17(18)25)20-19(21(26)15-8-6-5-7-9-15)22(27)23(28)24(20)13-14(2)3/h5-12,14,20,25-26H,4,13H2,1-3H3/b21-19-. The summed E-state index contributed by atoms with van der Waals surface area (Å²) < 4.78 is 5.47. The highest BCUT2D eigenvalue weighted by molar-refractivity contribution is 6.46. The van der Waals surface area contributed by atoms with Gasteiger partial charge in [-0.25, -0.2) is 0 Å². The molecular weight excluding hydrogens is 370 g/mol. The molecule has 1 unspecified atom stereocenters. The summed E-state index contributed by atoms with van der Waals surface area (Å²) in [6, 6.07) is 12.6. The number of aliphatic hydroxyl groups excluding tert-OH is 1. The lowest BCUT2D eigenvalue weighted by Crippen LogP contribution is -2.33. The molecule has 6 heteroatoms. The smallest absolute Gasteiger partial charge is 0.295 e. The zero-order chi connectivity index (χ0) is 21.1. The lowest BCUT2D eigenvalue weighted by atomic mass is 9.94. The molecule has 1 saturated heterocycles. The van der Waals surface area contributed by atoms with Crippen molar-refractivity contribution in [3.63, 3.8) is 0 Å². The molecule has 29 heavy (non-hydrogen) atoms. The molecule has 152 valence electrons. The maximum Gasteiger partial charge on any atom is 0.295 e. The van der Waals surface area contributed by atoms with Gasteiger partial charge in [-0.15, -0.1) is 0 Å². The van der Waals surface area contributed by atoms with Crippen molar-refractivity contribution in [2.45, 2.75) is 26.8 Å². The zero-order valence-corrected chi connectivity index (χ0v) is 16.8. The summed E-state index contributed by atoms with van der Waals surface area (Å²) >= 11 is 0. The quantitative estimate of drug-likeness (QED) is 0.440. The molecule has 3 rings (SSSR count). The maximum atomic E-state index is 12.9. The van der Waals surface area contributed by atoms with Crippen LogP contribution in [0.3, 0.4) is 0 Å². The third-order valence-electron chi connectivity index (χ3n) is 4.75. The van der Waals surface area contributed by atoms with E-state index in [0.29, 0.717) is 24.3 Å². The molecule has 1 fully saturated rings. The average Bonchev–Trinajstić information content (AvgIpc) is 2.94. The van der Waals surface area contributed by atoms with E-state index in [1.807, 2.05) is 13.8 Å². The number of aromatic hydroxyl groups is 1. The van der Waals surface area contributed by atoms with E-state index >= 15 is 0 Å². The summed E-state index contributed by atoms with van der Waals surface area (Å²) in [6.45, 7) is 6.41. The van der Waals surface area contributed by atoms with Gasteiger partial charge in [-0.1, -0.05) is 50.2 Å².